The van der Waals surface area contributed by atoms with Crippen LogP contribution in [0.4, 0.5) is 0 Å². The molecule has 1 aliphatic rings. The molecular formula is C15H21BrN2O2. The normalized spacial score (nSPS) is 20.9. The van der Waals surface area contributed by atoms with E-state index in [1.54, 1.807) is 7.11 Å². The third-order valence-corrected chi connectivity index (χ3v) is 4.35. The Morgan fingerprint density at radius 2 is 2.25 bits per heavy atom. The number of amides is 1. The second kappa shape index (κ2) is 7.09. The van der Waals surface area contributed by atoms with Crippen molar-refractivity contribution in [2.45, 2.75) is 38.3 Å². The number of rotatable bonds is 4. The lowest BCUT2D eigenvalue weighted by atomic mass is 10.0. The van der Waals surface area contributed by atoms with Gasteiger partial charge in [0.05, 0.1) is 13.2 Å². The molecule has 0 unspecified atom stereocenters. The van der Waals surface area contributed by atoms with E-state index in [9.17, 15) is 4.79 Å². The Bertz CT molecular complexity index is 479. The van der Waals surface area contributed by atoms with Crippen molar-refractivity contribution in [3.8, 4) is 5.75 Å². The first-order valence-corrected chi connectivity index (χ1v) is 7.78. The average molecular weight is 341 g/mol. The Morgan fingerprint density at radius 3 is 2.95 bits per heavy atom. The number of halogens is 1. The zero-order valence-corrected chi connectivity index (χ0v) is 13.5. The maximum absolute atomic E-state index is 12.0. The summed E-state index contributed by atoms with van der Waals surface area (Å²) in [6.45, 7) is 2.86. The van der Waals surface area contributed by atoms with Gasteiger partial charge in [0, 0.05) is 17.1 Å². The summed E-state index contributed by atoms with van der Waals surface area (Å²) in [5, 5.41) is 6.37. The molecule has 0 bridgehead atoms. The Labute approximate surface area is 128 Å². The number of hydrogen-bond donors (Lipinski definition) is 2. The van der Waals surface area contributed by atoms with Crippen LogP contribution in [0.25, 0.3) is 0 Å². The third kappa shape index (κ3) is 3.73. The lowest BCUT2D eigenvalue weighted by Gasteiger charge is -2.22. The van der Waals surface area contributed by atoms with Gasteiger partial charge in [-0.25, -0.2) is 0 Å². The van der Waals surface area contributed by atoms with Crippen LogP contribution in [0.1, 0.15) is 37.8 Å². The minimum absolute atomic E-state index is 0.101. The van der Waals surface area contributed by atoms with Gasteiger partial charge in [-0.2, -0.15) is 0 Å². The molecule has 5 heteroatoms. The van der Waals surface area contributed by atoms with E-state index in [0.717, 1.165) is 41.6 Å². The summed E-state index contributed by atoms with van der Waals surface area (Å²) in [7, 11) is 1.65. The van der Waals surface area contributed by atoms with Crippen molar-refractivity contribution in [3.05, 3.63) is 28.2 Å². The molecule has 1 aromatic rings. The number of hydrogen-bond acceptors (Lipinski definition) is 3. The number of carbonyl (C=O) groups excluding carboxylic acids is 1. The van der Waals surface area contributed by atoms with Gasteiger partial charge in [-0.15, -0.1) is 0 Å². The Morgan fingerprint density at radius 1 is 1.45 bits per heavy atom. The fourth-order valence-electron chi connectivity index (χ4n) is 2.48. The fourth-order valence-corrected chi connectivity index (χ4v) is 3.18. The molecule has 110 valence electrons. The number of nitrogens with one attached hydrogen (secondary N) is 2. The Kier molecular flexibility index (Phi) is 5.43. The van der Waals surface area contributed by atoms with Gasteiger partial charge in [0.25, 0.3) is 0 Å². The minimum Gasteiger partial charge on any atom is -0.497 e. The third-order valence-electron chi connectivity index (χ3n) is 3.66. The SMILES string of the molecule is COc1ccc([C@@H](C)N[C@@H]2CCCCNC2=O)c(Br)c1. The van der Waals surface area contributed by atoms with Gasteiger partial charge in [0.1, 0.15) is 5.75 Å². The quantitative estimate of drug-likeness (QED) is 0.885. The lowest BCUT2D eigenvalue weighted by molar-refractivity contribution is -0.123. The highest BCUT2D eigenvalue weighted by Gasteiger charge is 2.23. The predicted octanol–water partition coefficient (Wildman–Crippen LogP) is 2.78. The van der Waals surface area contributed by atoms with E-state index in [1.165, 1.54) is 0 Å². The highest BCUT2D eigenvalue weighted by molar-refractivity contribution is 9.10. The van der Waals surface area contributed by atoms with Crippen LogP contribution in [-0.2, 0) is 4.79 Å². The molecule has 0 aliphatic carbocycles. The fraction of sp³-hybridized carbons (Fsp3) is 0.533. The molecule has 2 atom stereocenters. The number of methoxy groups -OCH3 is 1. The molecule has 20 heavy (non-hydrogen) atoms. The number of carbonyl (C=O) groups is 1. The summed E-state index contributed by atoms with van der Waals surface area (Å²) in [4.78, 5) is 12.0. The molecule has 0 saturated carbocycles. The van der Waals surface area contributed by atoms with Crippen LogP contribution >= 0.6 is 15.9 Å². The summed E-state index contributed by atoms with van der Waals surface area (Å²) in [6.07, 6.45) is 3.03. The van der Waals surface area contributed by atoms with E-state index in [-0.39, 0.29) is 18.0 Å². The van der Waals surface area contributed by atoms with Gasteiger partial charge in [-0.05, 0) is 43.9 Å². The zero-order chi connectivity index (χ0) is 14.5. The first-order valence-electron chi connectivity index (χ1n) is 6.99. The smallest absolute Gasteiger partial charge is 0.237 e. The van der Waals surface area contributed by atoms with Crippen LogP contribution < -0.4 is 15.4 Å². The van der Waals surface area contributed by atoms with Gasteiger partial charge in [0.2, 0.25) is 5.91 Å². The number of benzene rings is 1. The summed E-state index contributed by atoms with van der Waals surface area (Å²) < 4.78 is 6.19. The van der Waals surface area contributed by atoms with Crippen molar-refractivity contribution in [1.82, 2.24) is 10.6 Å². The highest BCUT2D eigenvalue weighted by Crippen LogP contribution is 2.28. The molecule has 2 N–H and O–H groups in total. The molecule has 1 amide bonds. The summed E-state index contributed by atoms with van der Waals surface area (Å²) >= 11 is 3.56. The first kappa shape index (κ1) is 15.3. The maximum Gasteiger partial charge on any atom is 0.237 e. The van der Waals surface area contributed by atoms with Gasteiger partial charge < -0.3 is 10.1 Å². The van der Waals surface area contributed by atoms with Crippen molar-refractivity contribution in [2.24, 2.45) is 0 Å². The van der Waals surface area contributed by atoms with E-state index in [0.29, 0.717) is 0 Å². The van der Waals surface area contributed by atoms with Gasteiger partial charge >= 0.3 is 0 Å². The van der Waals surface area contributed by atoms with Crippen LogP contribution in [-0.4, -0.2) is 25.6 Å². The maximum atomic E-state index is 12.0. The van der Waals surface area contributed by atoms with Gasteiger partial charge in [0.15, 0.2) is 0 Å². The molecular weight excluding hydrogens is 320 g/mol. The van der Waals surface area contributed by atoms with E-state index in [4.69, 9.17) is 4.74 Å². The van der Waals surface area contributed by atoms with Crippen molar-refractivity contribution < 1.29 is 9.53 Å². The Hall–Kier alpha value is -1.07. The van der Waals surface area contributed by atoms with Gasteiger partial charge in [-0.1, -0.05) is 22.0 Å². The molecule has 1 saturated heterocycles. The second-order valence-corrected chi connectivity index (χ2v) is 5.97. The monoisotopic (exact) mass is 340 g/mol. The minimum atomic E-state index is -0.110. The average Bonchev–Trinajstić information content (AvgIpc) is 2.64. The first-order chi connectivity index (χ1) is 9.61. The largest absolute Gasteiger partial charge is 0.497 e. The van der Waals surface area contributed by atoms with Crippen molar-refractivity contribution in [1.29, 1.82) is 0 Å². The van der Waals surface area contributed by atoms with E-state index in [2.05, 4.69) is 33.5 Å². The molecule has 2 rings (SSSR count). The predicted molar refractivity (Wildman–Crippen MR) is 82.9 cm³/mol. The molecule has 4 nitrogen and oxygen atoms in total. The van der Waals surface area contributed by atoms with Gasteiger partial charge in [-0.3, -0.25) is 10.1 Å². The Balaban J connectivity index is 2.07. The molecule has 1 heterocycles. The van der Waals surface area contributed by atoms with Crippen LogP contribution in [0.3, 0.4) is 0 Å². The van der Waals surface area contributed by atoms with Crippen LogP contribution in [0, 0.1) is 0 Å². The van der Waals surface area contributed by atoms with Crippen molar-refractivity contribution >= 4 is 21.8 Å². The van der Waals surface area contributed by atoms with Crippen LogP contribution in [0.15, 0.2) is 22.7 Å². The lowest BCUT2D eigenvalue weighted by Crippen LogP contribution is -2.43. The second-order valence-electron chi connectivity index (χ2n) is 5.12. The molecule has 1 aliphatic heterocycles. The molecule has 1 fully saturated rings. The van der Waals surface area contributed by atoms with E-state index in [1.807, 2.05) is 18.2 Å². The topological polar surface area (TPSA) is 50.4 Å². The molecule has 0 radical (unpaired) electrons. The summed E-state index contributed by atoms with van der Waals surface area (Å²) in [5.41, 5.74) is 1.13. The molecule has 0 spiro atoms. The number of ether oxygens (including phenoxy) is 1. The van der Waals surface area contributed by atoms with Crippen molar-refractivity contribution in [3.63, 3.8) is 0 Å². The molecule has 1 aromatic carbocycles. The van der Waals surface area contributed by atoms with Crippen molar-refractivity contribution in [2.75, 3.05) is 13.7 Å². The molecule has 0 aromatic heterocycles. The van der Waals surface area contributed by atoms with Crippen LogP contribution in [0.2, 0.25) is 0 Å². The zero-order valence-electron chi connectivity index (χ0n) is 11.9. The van der Waals surface area contributed by atoms with Crippen LogP contribution in [0.5, 0.6) is 5.75 Å². The van der Waals surface area contributed by atoms with E-state index >= 15 is 0 Å². The summed E-state index contributed by atoms with van der Waals surface area (Å²) in [5.74, 6) is 0.930. The standard InChI is InChI=1S/C15H21BrN2O2/c1-10(12-7-6-11(20-2)9-13(12)16)18-14-5-3-4-8-17-15(14)19/h6-7,9-10,14,18H,3-5,8H2,1-2H3,(H,17,19)/t10-,14-/m1/s1. The summed E-state index contributed by atoms with van der Waals surface area (Å²) in [6, 6.07) is 5.90. The van der Waals surface area contributed by atoms with E-state index < -0.39 is 0 Å². The highest BCUT2D eigenvalue weighted by atomic mass is 79.9.